The van der Waals surface area contributed by atoms with Crippen LogP contribution in [0.5, 0.6) is 5.75 Å². The van der Waals surface area contributed by atoms with Gasteiger partial charge in [0.25, 0.3) is 5.56 Å². The highest BCUT2D eigenvalue weighted by Gasteiger charge is 2.21. The van der Waals surface area contributed by atoms with E-state index < -0.39 is 0 Å². The number of likely N-dealkylation sites (tertiary alicyclic amines) is 1. The molecular formula is C23H25N3O3S. The number of benzene rings is 2. The first-order chi connectivity index (χ1) is 14.6. The summed E-state index contributed by atoms with van der Waals surface area (Å²) < 4.78 is 6.90. The molecule has 0 saturated carbocycles. The lowest BCUT2D eigenvalue weighted by molar-refractivity contribution is -0.129. The Labute approximate surface area is 179 Å². The van der Waals surface area contributed by atoms with Crippen molar-refractivity contribution in [2.45, 2.75) is 24.9 Å². The standard InChI is InChI=1S/C23H25N3O3S/c1-16-10-12-25(13-11-16)21(27)15-30-23-24-20-9-4-3-8-19(20)22(28)26(23)17-6-5-7-18(14-17)29-2/h3-9,14,16H,10-13,15H2,1-2H3. The molecule has 0 bridgehead atoms. The second-order valence-corrected chi connectivity index (χ2v) is 8.55. The molecule has 0 N–H and O–H groups in total. The third-order valence-electron chi connectivity index (χ3n) is 5.52. The molecule has 0 radical (unpaired) electrons. The number of rotatable bonds is 5. The van der Waals surface area contributed by atoms with E-state index in [9.17, 15) is 9.59 Å². The smallest absolute Gasteiger partial charge is 0.266 e. The summed E-state index contributed by atoms with van der Waals surface area (Å²) in [7, 11) is 1.59. The molecule has 156 valence electrons. The van der Waals surface area contributed by atoms with Gasteiger partial charge in [0, 0.05) is 19.2 Å². The summed E-state index contributed by atoms with van der Waals surface area (Å²) in [6.07, 6.45) is 2.08. The summed E-state index contributed by atoms with van der Waals surface area (Å²) >= 11 is 1.31. The zero-order valence-corrected chi connectivity index (χ0v) is 18.0. The van der Waals surface area contributed by atoms with Gasteiger partial charge in [0.2, 0.25) is 5.91 Å². The fourth-order valence-electron chi connectivity index (χ4n) is 3.66. The van der Waals surface area contributed by atoms with Crippen LogP contribution in [-0.4, -0.2) is 46.3 Å². The van der Waals surface area contributed by atoms with Gasteiger partial charge in [-0.15, -0.1) is 0 Å². The quantitative estimate of drug-likeness (QED) is 0.462. The zero-order valence-electron chi connectivity index (χ0n) is 17.2. The van der Waals surface area contributed by atoms with Gasteiger partial charge in [-0.3, -0.25) is 14.2 Å². The van der Waals surface area contributed by atoms with E-state index in [2.05, 4.69) is 6.92 Å². The molecule has 0 unspecified atom stereocenters. The maximum absolute atomic E-state index is 13.3. The maximum atomic E-state index is 13.3. The fourth-order valence-corrected chi connectivity index (χ4v) is 4.58. The van der Waals surface area contributed by atoms with Crippen molar-refractivity contribution >= 4 is 28.6 Å². The van der Waals surface area contributed by atoms with Crippen molar-refractivity contribution in [2.24, 2.45) is 5.92 Å². The zero-order chi connectivity index (χ0) is 21.1. The monoisotopic (exact) mass is 423 g/mol. The lowest BCUT2D eigenvalue weighted by Crippen LogP contribution is -2.39. The highest BCUT2D eigenvalue weighted by Crippen LogP contribution is 2.24. The van der Waals surface area contributed by atoms with Crippen LogP contribution in [0.4, 0.5) is 0 Å². The first-order valence-electron chi connectivity index (χ1n) is 10.1. The average molecular weight is 424 g/mol. The van der Waals surface area contributed by atoms with Gasteiger partial charge in [-0.1, -0.05) is 36.9 Å². The summed E-state index contributed by atoms with van der Waals surface area (Å²) in [5, 5.41) is 1.05. The minimum absolute atomic E-state index is 0.0894. The van der Waals surface area contributed by atoms with Gasteiger partial charge in [0.05, 0.1) is 29.5 Å². The van der Waals surface area contributed by atoms with E-state index in [1.165, 1.54) is 11.8 Å². The van der Waals surface area contributed by atoms with E-state index >= 15 is 0 Å². The highest BCUT2D eigenvalue weighted by atomic mass is 32.2. The number of carbonyl (C=O) groups excluding carboxylic acids is 1. The molecule has 1 fully saturated rings. The van der Waals surface area contributed by atoms with Gasteiger partial charge in [-0.2, -0.15) is 0 Å². The van der Waals surface area contributed by atoms with E-state index in [4.69, 9.17) is 9.72 Å². The molecule has 2 aromatic carbocycles. The van der Waals surface area contributed by atoms with Crippen LogP contribution in [0.15, 0.2) is 58.5 Å². The minimum atomic E-state index is -0.157. The Balaban J connectivity index is 1.69. The number of fused-ring (bicyclic) bond motifs is 1. The summed E-state index contributed by atoms with van der Waals surface area (Å²) in [6.45, 7) is 3.82. The summed E-state index contributed by atoms with van der Waals surface area (Å²) in [5.74, 6) is 1.67. The van der Waals surface area contributed by atoms with Crippen LogP contribution in [0.25, 0.3) is 16.6 Å². The lowest BCUT2D eigenvalue weighted by atomic mass is 9.99. The van der Waals surface area contributed by atoms with Gasteiger partial charge < -0.3 is 9.64 Å². The van der Waals surface area contributed by atoms with Crippen LogP contribution >= 0.6 is 11.8 Å². The van der Waals surface area contributed by atoms with Crippen molar-refractivity contribution in [3.63, 3.8) is 0 Å². The molecule has 3 aromatic rings. The molecule has 7 heteroatoms. The van der Waals surface area contributed by atoms with Crippen molar-refractivity contribution in [2.75, 3.05) is 26.0 Å². The third-order valence-corrected chi connectivity index (χ3v) is 6.44. The minimum Gasteiger partial charge on any atom is -0.497 e. The number of nitrogens with zero attached hydrogens (tertiary/aromatic N) is 3. The number of amides is 1. The van der Waals surface area contributed by atoms with Crippen LogP contribution in [0, 0.1) is 5.92 Å². The second-order valence-electron chi connectivity index (χ2n) is 7.61. The highest BCUT2D eigenvalue weighted by molar-refractivity contribution is 7.99. The predicted molar refractivity (Wildman–Crippen MR) is 120 cm³/mol. The summed E-state index contributed by atoms with van der Waals surface area (Å²) in [5.41, 5.74) is 1.14. The molecule has 30 heavy (non-hydrogen) atoms. The van der Waals surface area contributed by atoms with Gasteiger partial charge in [0.15, 0.2) is 5.16 Å². The number of hydrogen-bond acceptors (Lipinski definition) is 5. The Kier molecular flexibility index (Phi) is 6.08. The molecule has 0 aliphatic carbocycles. The number of thioether (sulfide) groups is 1. The molecule has 2 heterocycles. The van der Waals surface area contributed by atoms with Crippen molar-refractivity contribution < 1.29 is 9.53 Å². The average Bonchev–Trinajstić information content (AvgIpc) is 2.78. The second kappa shape index (κ2) is 8.92. The number of piperidine rings is 1. The van der Waals surface area contributed by atoms with Crippen molar-refractivity contribution in [1.29, 1.82) is 0 Å². The lowest BCUT2D eigenvalue weighted by Gasteiger charge is -2.30. The number of para-hydroxylation sites is 1. The van der Waals surface area contributed by atoms with Crippen LogP contribution in [0.2, 0.25) is 0 Å². The Morgan fingerprint density at radius 1 is 1.17 bits per heavy atom. The normalized spacial score (nSPS) is 14.8. The first-order valence-corrected chi connectivity index (χ1v) is 11.1. The Morgan fingerprint density at radius 2 is 1.93 bits per heavy atom. The van der Waals surface area contributed by atoms with Gasteiger partial charge >= 0.3 is 0 Å². The molecule has 0 atom stereocenters. The Bertz CT molecular complexity index is 1120. The fraction of sp³-hybridized carbons (Fsp3) is 0.348. The summed E-state index contributed by atoms with van der Waals surface area (Å²) in [6, 6.07) is 14.6. The van der Waals surface area contributed by atoms with E-state index in [-0.39, 0.29) is 17.2 Å². The number of hydrogen-bond donors (Lipinski definition) is 0. The molecule has 0 spiro atoms. The Hall–Kier alpha value is -2.80. The molecule has 1 saturated heterocycles. The number of methoxy groups -OCH3 is 1. The first kappa shape index (κ1) is 20.5. The van der Waals surface area contributed by atoms with Crippen LogP contribution in [-0.2, 0) is 4.79 Å². The van der Waals surface area contributed by atoms with Crippen molar-refractivity contribution in [1.82, 2.24) is 14.5 Å². The Morgan fingerprint density at radius 3 is 2.70 bits per heavy atom. The largest absolute Gasteiger partial charge is 0.497 e. The molecule has 1 aliphatic heterocycles. The van der Waals surface area contributed by atoms with Gasteiger partial charge in [0.1, 0.15) is 5.75 Å². The van der Waals surface area contributed by atoms with Gasteiger partial charge in [-0.05, 0) is 43.0 Å². The number of carbonyl (C=O) groups is 1. The van der Waals surface area contributed by atoms with E-state index in [1.807, 2.05) is 41.3 Å². The van der Waals surface area contributed by atoms with Crippen LogP contribution < -0.4 is 10.3 Å². The third kappa shape index (κ3) is 4.21. The predicted octanol–water partition coefficient (Wildman–Crippen LogP) is 3.74. The van der Waals surface area contributed by atoms with Crippen LogP contribution in [0.1, 0.15) is 19.8 Å². The van der Waals surface area contributed by atoms with E-state index in [0.29, 0.717) is 33.4 Å². The molecule has 4 rings (SSSR count). The van der Waals surface area contributed by atoms with Crippen molar-refractivity contribution in [3.05, 3.63) is 58.9 Å². The van der Waals surface area contributed by atoms with E-state index in [0.717, 1.165) is 25.9 Å². The van der Waals surface area contributed by atoms with E-state index in [1.54, 1.807) is 23.8 Å². The molecular weight excluding hydrogens is 398 g/mol. The molecule has 1 aromatic heterocycles. The van der Waals surface area contributed by atoms with Crippen LogP contribution in [0.3, 0.4) is 0 Å². The molecule has 1 amide bonds. The maximum Gasteiger partial charge on any atom is 0.266 e. The number of ether oxygens (including phenoxy) is 1. The van der Waals surface area contributed by atoms with Gasteiger partial charge in [-0.25, -0.2) is 4.98 Å². The topological polar surface area (TPSA) is 64.4 Å². The van der Waals surface area contributed by atoms with Crippen molar-refractivity contribution in [3.8, 4) is 11.4 Å². The number of aromatic nitrogens is 2. The molecule has 6 nitrogen and oxygen atoms in total. The SMILES string of the molecule is COc1cccc(-n2c(SCC(=O)N3CCC(C)CC3)nc3ccccc3c2=O)c1. The summed E-state index contributed by atoms with van der Waals surface area (Å²) in [4.78, 5) is 32.7. The molecule has 1 aliphatic rings.